The molecule has 1 aliphatic rings. The number of carbonyl (C=O) groups excluding carboxylic acids is 1. The van der Waals surface area contributed by atoms with Crippen LogP contribution in [-0.2, 0) is 11.3 Å². The lowest BCUT2D eigenvalue weighted by Gasteiger charge is -2.21. The summed E-state index contributed by atoms with van der Waals surface area (Å²) < 4.78 is 8.15. The van der Waals surface area contributed by atoms with Gasteiger partial charge in [-0.3, -0.25) is 9.48 Å². The number of hydrogen-bond acceptors (Lipinski definition) is 4. The van der Waals surface area contributed by atoms with Crippen molar-refractivity contribution in [2.24, 2.45) is 5.73 Å². The minimum absolute atomic E-state index is 0.292. The SMILES string of the molecule is Cc1cc(N2CCC[C@H]2C(N)=O)nn1Cc1cc(Cl)cc2cc(-c3ccccc3)oc12. The Morgan fingerprint density at radius 1 is 1.23 bits per heavy atom. The minimum atomic E-state index is -0.301. The maximum Gasteiger partial charge on any atom is 0.240 e. The first-order chi connectivity index (χ1) is 15.0. The molecular formula is C24H23ClN4O2. The number of nitrogens with zero attached hydrogens (tertiary/aromatic N) is 3. The van der Waals surface area contributed by atoms with Gasteiger partial charge in [0.2, 0.25) is 5.91 Å². The Labute approximate surface area is 185 Å². The summed E-state index contributed by atoms with van der Waals surface area (Å²) >= 11 is 6.42. The summed E-state index contributed by atoms with van der Waals surface area (Å²) in [7, 11) is 0. The number of halogens is 1. The van der Waals surface area contributed by atoms with E-state index in [1.807, 2.05) is 71.1 Å². The van der Waals surface area contributed by atoms with Gasteiger partial charge in [0.1, 0.15) is 17.4 Å². The number of carbonyl (C=O) groups is 1. The van der Waals surface area contributed by atoms with E-state index in [0.717, 1.165) is 58.8 Å². The first-order valence-corrected chi connectivity index (χ1v) is 10.8. The highest BCUT2D eigenvalue weighted by atomic mass is 35.5. The monoisotopic (exact) mass is 434 g/mol. The molecule has 1 fully saturated rings. The van der Waals surface area contributed by atoms with E-state index in [9.17, 15) is 4.79 Å². The number of anilines is 1. The molecule has 0 unspecified atom stereocenters. The van der Waals surface area contributed by atoms with Crippen LogP contribution in [0, 0.1) is 6.92 Å². The topological polar surface area (TPSA) is 77.3 Å². The van der Waals surface area contributed by atoms with Crippen LogP contribution < -0.4 is 10.6 Å². The first-order valence-electron chi connectivity index (χ1n) is 10.4. The summed E-state index contributed by atoms with van der Waals surface area (Å²) in [6.45, 7) is 3.30. The number of primary amides is 1. The fraction of sp³-hybridized carbons (Fsp3) is 0.250. The highest BCUT2D eigenvalue weighted by Gasteiger charge is 2.31. The standard InChI is InChI=1S/C24H23ClN4O2/c1-15-10-22(28-9-5-8-20(28)24(26)30)27-29(15)14-18-12-19(25)11-17-13-21(31-23(17)18)16-6-3-2-4-7-16/h2-4,6-7,10-13,20H,5,8-9,14H2,1H3,(H2,26,30)/t20-/m0/s1. The zero-order valence-electron chi connectivity index (χ0n) is 17.2. The quantitative estimate of drug-likeness (QED) is 0.491. The van der Waals surface area contributed by atoms with Crippen LogP contribution in [0.4, 0.5) is 5.82 Å². The van der Waals surface area contributed by atoms with Gasteiger partial charge >= 0.3 is 0 Å². The Bertz CT molecular complexity index is 1260. The van der Waals surface area contributed by atoms with E-state index in [-0.39, 0.29) is 11.9 Å². The van der Waals surface area contributed by atoms with E-state index in [1.165, 1.54) is 0 Å². The smallest absolute Gasteiger partial charge is 0.240 e. The molecule has 1 aliphatic heterocycles. The molecule has 2 aromatic heterocycles. The van der Waals surface area contributed by atoms with E-state index in [4.69, 9.17) is 26.9 Å². The van der Waals surface area contributed by atoms with Gasteiger partial charge in [-0.05, 0) is 38.0 Å². The lowest BCUT2D eigenvalue weighted by Crippen LogP contribution is -2.40. The van der Waals surface area contributed by atoms with Gasteiger partial charge in [0.25, 0.3) is 0 Å². The summed E-state index contributed by atoms with van der Waals surface area (Å²) in [5.74, 6) is 1.28. The van der Waals surface area contributed by atoms with Gasteiger partial charge in [-0.15, -0.1) is 0 Å². The average molecular weight is 435 g/mol. The number of nitrogens with two attached hydrogens (primary N) is 1. The van der Waals surface area contributed by atoms with Crippen molar-refractivity contribution >= 4 is 34.3 Å². The molecule has 7 heteroatoms. The van der Waals surface area contributed by atoms with E-state index < -0.39 is 0 Å². The lowest BCUT2D eigenvalue weighted by atomic mass is 10.1. The van der Waals surface area contributed by atoms with Gasteiger partial charge in [-0.2, -0.15) is 5.10 Å². The second-order valence-corrected chi connectivity index (χ2v) is 8.45. The Balaban J connectivity index is 1.50. The molecule has 2 N–H and O–H groups in total. The third-order valence-electron chi connectivity index (χ3n) is 5.88. The van der Waals surface area contributed by atoms with Crippen molar-refractivity contribution in [3.8, 4) is 11.3 Å². The number of aromatic nitrogens is 2. The number of amides is 1. The molecule has 158 valence electrons. The van der Waals surface area contributed by atoms with Crippen LogP contribution in [0.2, 0.25) is 5.02 Å². The van der Waals surface area contributed by atoms with Crippen LogP contribution in [-0.4, -0.2) is 28.3 Å². The maximum atomic E-state index is 11.8. The molecule has 1 saturated heterocycles. The minimum Gasteiger partial charge on any atom is -0.456 e. The molecule has 0 spiro atoms. The Morgan fingerprint density at radius 3 is 2.81 bits per heavy atom. The summed E-state index contributed by atoms with van der Waals surface area (Å²) in [6.07, 6.45) is 1.70. The maximum absolute atomic E-state index is 11.8. The molecular weight excluding hydrogens is 412 g/mol. The second-order valence-electron chi connectivity index (χ2n) is 8.02. The highest BCUT2D eigenvalue weighted by Crippen LogP contribution is 2.33. The van der Waals surface area contributed by atoms with Crippen LogP contribution in [0.25, 0.3) is 22.3 Å². The second kappa shape index (κ2) is 7.78. The largest absolute Gasteiger partial charge is 0.456 e. The summed E-state index contributed by atoms with van der Waals surface area (Å²) in [4.78, 5) is 13.8. The zero-order chi connectivity index (χ0) is 21.5. The Morgan fingerprint density at radius 2 is 2.03 bits per heavy atom. The first kappa shape index (κ1) is 19.7. The Hall–Kier alpha value is -3.25. The van der Waals surface area contributed by atoms with E-state index in [2.05, 4.69) is 0 Å². The number of hydrogen-bond donors (Lipinski definition) is 1. The van der Waals surface area contributed by atoms with Crippen LogP contribution in [0.1, 0.15) is 24.1 Å². The number of furan rings is 1. The van der Waals surface area contributed by atoms with E-state index >= 15 is 0 Å². The number of aryl methyl sites for hydroxylation is 1. The molecule has 0 aliphatic carbocycles. The number of benzene rings is 2. The van der Waals surface area contributed by atoms with E-state index in [1.54, 1.807) is 0 Å². The van der Waals surface area contributed by atoms with Crippen molar-refractivity contribution < 1.29 is 9.21 Å². The predicted octanol–water partition coefficient (Wildman–Crippen LogP) is 4.76. The number of rotatable bonds is 5. The predicted molar refractivity (Wildman–Crippen MR) is 122 cm³/mol. The van der Waals surface area contributed by atoms with Gasteiger partial charge in [-0.25, -0.2) is 0 Å². The van der Waals surface area contributed by atoms with Crippen molar-refractivity contribution in [2.45, 2.75) is 32.4 Å². The third kappa shape index (κ3) is 3.68. The van der Waals surface area contributed by atoms with Crippen molar-refractivity contribution in [2.75, 3.05) is 11.4 Å². The van der Waals surface area contributed by atoms with Gasteiger partial charge in [0.05, 0.1) is 6.54 Å². The average Bonchev–Trinajstić information content (AvgIpc) is 3.47. The third-order valence-corrected chi connectivity index (χ3v) is 6.10. The molecule has 0 saturated carbocycles. The van der Waals surface area contributed by atoms with Gasteiger partial charge in [0.15, 0.2) is 5.82 Å². The fourth-order valence-corrected chi connectivity index (χ4v) is 4.59. The van der Waals surface area contributed by atoms with Gasteiger partial charge in [-0.1, -0.05) is 41.9 Å². The molecule has 2 aromatic carbocycles. The van der Waals surface area contributed by atoms with Crippen LogP contribution in [0.15, 0.2) is 59.0 Å². The molecule has 4 aromatic rings. The van der Waals surface area contributed by atoms with Gasteiger partial charge < -0.3 is 15.1 Å². The molecule has 3 heterocycles. The number of fused-ring (bicyclic) bond motifs is 1. The molecule has 0 radical (unpaired) electrons. The fourth-order valence-electron chi connectivity index (χ4n) is 4.34. The summed E-state index contributed by atoms with van der Waals surface area (Å²) in [6, 6.07) is 17.6. The van der Waals surface area contributed by atoms with E-state index in [0.29, 0.717) is 11.6 Å². The summed E-state index contributed by atoms with van der Waals surface area (Å²) in [5, 5.41) is 6.38. The molecule has 1 atom stereocenters. The van der Waals surface area contributed by atoms with Crippen LogP contribution in [0.3, 0.4) is 0 Å². The normalized spacial score (nSPS) is 16.3. The van der Waals surface area contributed by atoms with Crippen molar-refractivity contribution in [1.29, 1.82) is 0 Å². The van der Waals surface area contributed by atoms with Crippen molar-refractivity contribution in [3.63, 3.8) is 0 Å². The zero-order valence-corrected chi connectivity index (χ0v) is 18.0. The molecule has 5 rings (SSSR count). The van der Waals surface area contributed by atoms with Crippen LogP contribution in [0.5, 0.6) is 0 Å². The lowest BCUT2D eigenvalue weighted by molar-refractivity contribution is -0.119. The molecule has 0 bridgehead atoms. The molecule has 6 nitrogen and oxygen atoms in total. The van der Waals surface area contributed by atoms with Crippen molar-refractivity contribution in [3.05, 3.63) is 70.9 Å². The molecule has 31 heavy (non-hydrogen) atoms. The van der Waals surface area contributed by atoms with Gasteiger partial charge in [0, 0.05) is 39.8 Å². The Kier molecular flexibility index (Phi) is 4.94. The highest BCUT2D eigenvalue weighted by molar-refractivity contribution is 6.31. The summed E-state index contributed by atoms with van der Waals surface area (Å²) in [5.41, 5.74) is 9.35. The van der Waals surface area contributed by atoms with Crippen molar-refractivity contribution in [1.82, 2.24) is 9.78 Å². The van der Waals surface area contributed by atoms with Crippen LogP contribution >= 0.6 is 11.6 Å². The molecule has 1 amide bonds.